The van der Waals surface area contributed by atoms with Crippen LogP contribution in [-0.2, 0) is 9.59 Å². The normalized spacial score (nSPS) is 19.6. The monoisotopic (exact) mass is 557 g/mol. The van der Waals surface area contributed by atoms with Gasteiger partial charge in [0.15, 0.2) is 5.65 Å². The number of carbonyl (C=O) groups is 2. The Morgan fingerprint density at radius 1 is 1.10 bits per heavy atom. The zero-order valence-corrected chi connectivity index (χ0v) is 22.8. The maximum absolute atomic E-state index is 14.0. The van der Waals surface area contributed by atoms with E-state index in [1.165, 1.54) is 6.07 Å². The van der Waals surface area contributed by atoms with Crippen LogP contribution in [0.15, 0.2) is 60.8 Å². The number of benzene rings is 1. The number of nitrogens with one attached hydrogen (secondary N) is 1. The summed E-state index contributed by atoms with van der Waals surface area (Å²) in [5.74, 6) is -0.460. The number of carbonyl (C=O) groups excluding carboxylic acids is 1. The van der Waals surface area contributed by atoms with Crippen molar-refractivity contribution >= 4 is 29.2 Å². The Morgan fingerprint density at radius 2 is 1.95 bits per heavy atom. The zero-order chi connectivity index (χ0) is 28.5. The van der Waals surface area contributed by atoms with Gasteiger partial charge in [0, 0.05) is 31.6 Å². The van der Waals surface area contributed by atoms with E-state index in [-0.39, 0.29) is 30.2 Å². The van der Waals surface area contributed by atoms with Crippen molar-refractivity contribution in [3.63, 3.8) is 0 Å². The van der Waals surface area contributed by atoms with Crippen molar-refractivity contribution in [3.8, 4) is 11.4 Å². The summed E-state index contributed by atoms with van der Waals surface area (Å²) in [6.07, 6.45) is 4.25. The molecule has 0 radical (unpaired) electrons. The topological polar surface area (TPSA) is 116 Å². The molecule has 2 N–H and O–H groups in total. The van der Waals surface area contributed by atoms with Crippen LogP contribution in [-0.4, -0.2) is 62.2 Å². The van der Waals surface area contributed by atoms with Crippen molar-refractivity contribution < 1.29 is 19.1 Å². The lowest BCUT2D eigenvalue weighted by Crippen LogP contribution is -2.40. The van der Waals surface area contributed by atoms with Gasteiger partial charge >= 0.3 is 5.97 Å². The average molecular weight is 558 g/mol. The lowest BCUT2D eigenvalue weighted by Gasteiger charge is -2.26. The second-order valence-corrected chi connectivity index (χ2v) is 10.8. The lowest BCUT2D eigenvalue weighted by molar-refractivity contribution is -0.140. The number of carboxylic acid groups (broad SMARTS) is 1. The van der Waals surface area contributed by atoms with Gasteiger partial charge in [0.05, 0.1) is 24.4 Å². The molecule has 0 spiro atoms. The summed E-state index contributed by atoms with van der Waals surface area (Å²) in [5, 5.41) is 16.9. The van der Waals surface area contributed by atoms with Gasteiger partial charge in [0.2, 0.25) is 5.91 Å². The first-order chi connectivity index (χ1) is 19.9. The molecule has 2 aliphatic heterocycles. The maximum Gasteiger partial charge on any atom is 0.304 e. The first kappa shape index (κ1) is 26.7. The van der Waals surface area contributed by atoms with Crippen LogP contribution in [0.3, 0.4) is 0 Å². The molecule has 6 rings (SSSR count). The molecule has 3 aromatic heterocycles. The van der Waals surface area contributed by atoms with Crippen molar-refractivity contribution in [2.75, 3.05) is 29.4 Å². The number of halogens is 1. The number of nitrogens with zero attached hydrogens (tertiary/aromatic N) is 6. The number of carboxylic acids is 1. The predicted molar refractivity (Wildman–Crippen MR) is 152 cm³/mol. The number of hydrogen-bond donors (Lipinski definition) is 2. The highest BCUT2D eigenvalue weighted by molar-refractivity contribution is 5.83. The SMILES string of the molecule is C[C@@H](CC(=O)O)C(=O)N[C@@H]1CCN(c2cccc(-c3cnc4ccc(N5CCC[C@@H]5c5cccc(F)c5)nn34)n2)C1. The summed E-state index contributed by atoms with van der Waals surface area (Å²) in [4.78, 5) is 37.2. The highest BCUT2D eigenvalue weighted by Gasteiger charge is 2.29. The molecule has 11 heteroatoms. The summed E-state index contributed by atoms with van der Waals surface area (Å²) in [6, 6.07) is 16.5. The molecule has 41 heavy (non-hydrogen) atoms. The summed E-state index contributed by atoms with van der Waals surface area (Å²) in [5.41, 5.74) is 3.14. The van der Waals surface area contributed by atoms with Gasteiger partial charge in [-0.3, -0.25) is 9.59 Å². The van der Waals surface area contributed by atoms with E-state index >= 15 is 0 Å². The number of imidazole rings is 1. The Labute approximate surface area is 236 Å². The minimum atomic E-state index is -0.984. The number of pyridine rings is 1. The Hall–Kier alpha value is -4.54. The number of hydrogen-bond acceptors (Lipinski definition) is 7. The molecule has 3 atom stereocenters. The first-order valence-electron chi connectivity index (χ1n) is 14.0. The predicted octanol–water partition coefficient (Wildman–Crippen LogP) is 4.08. The summed E-state index contributed by atoms with van der Waals surface area (Å²) in [7, 11) is 0. The van der Waals surface area contributed by atoms with Crippen molar-refractivity contribution in [3.05, 3.63) is 72.2 Å². The third-order valence-electron chi connectivity index (χ3n) is 7.91. The molecule has 0 unspecified atom stereocenters. The molecular weight excluding hydrogens is 525 g/mol. The quantitative estimate of drug-likeness (QED) is 0.333. The van der Waals surface area contributed by atoms with Crippen LogP contribution in [0.25, 0.3) is 17.0 Å². The molecule has 4 aromatic rings. The summed E-state index contributed by atoms with van der Waals surface area (Å²) in [6.45, 7) is 3.77. The molecule has 2 fully saturated rings. The third-order valence-corrected chi connectivity index (χ3v) is 7.91. The van der Waals surface area contributed by atoms with E-state index < -0.39 is 11.9 Å². The van der Waals surface area contributed by atoms with E-state index in [9.17, 15) is 14.0 Å². The van der Waals surface area contributed by atoms with Crippen molar-refractivity contribution in [1.82, 2.24) is 24.9 Å². The fourth-order valence-corrected chi connectivity index (χ4v) is 5.82. The fourth-order valence-electron chi connectivity index (χ4n) is 5.82. The van der Waals surface area contributed by atoms with Crippen molar-refractivity contribution in [1.29, 1.82) is 0 Å². The molecule has 0 aliphatic carbocycles. The van der Waals surface area contributed by atoms with Crippen LogP contribution in [0.4, 0.5) is 16.0 Å². The van der Waals surface area contributed by atoms with Gasteiger partial charge in [-0.05, 0) is 61.2 Å². The summed E-state index contributed by atoms with van der Waals surface area (Å²) >= 11 is 0. The number of aromatic nitrogens is 4. The van der Waals surface area contributed by atoms with E-state index in [4.69, 9.17) is 15.2 Å². The molecule has 5 heterocycles. The van der Waals surface area contributed by atoms with Gasteiger partial charge in [-0.25, -0.2) is 18.9 Å². The van der Waals surface area contributed by atoms with E-state index in [0.717, 1.165) is 60.9 Å². The lowest BCUT2D eigenvalue weighted by atomic mass is 10.0. The Morgan fingerprint density at radius 3 is 2.78 bits per heavy atom. The average Bonchev–Trinajstić information content (AvgIpc) is 3.72. The highest BCUT2D eigenvalue weighted by Crippen LogP contribution is 2.36. The molecule has 1 aromatic carbocycles. The fraction of sp³-hybridized carbons (Fsp3) is 0.367. The van der Waals surface area contributed by atoms with Crippen LogP contribution in [0.5, 0.6) is 0 Å². The van der Waals surface area contributed by atoms with Crippen LogP contribution in [0.1, 0.15) is 44.2 Å². The van der Waals surface area contributed by atoms with Crippen LogP contribution in [0, 0.1) is 11.7 Å². The van der Waals surface area contributed by atoms with Gasteiger partial charge in [0.1, 0.15) is 23.1 Å². The largest absolute Gasteiger partial charge is 0.481 e. The second-order valence-electron chi connectivity index (χ2n) is 10.8. The molecule has 1 amide bonds. The van der Waals surface area contributed by atoms with E-state index in [0.29, 0.717) is 12.2 Å². The highest BCUT2D eigenvalue weighted by atomic mass is 19.1. The second kappa shape index (κ2) is 11.1. The van der Waals surface area contributed by atoms with Crippen molar-refractivity contribution in [2.24, 2.45) is 5.92 Å². The van der Waals surface area contributed by atoms with Gasteiger partial charge in [-0.2, -0.15) is 0 Å². The van der Waals surface area contributed by atoms with Gasteiger partial charge in [0.25, 0.3) is 0 Å². The van der Waals surface area contributed by atoms with Crippen LogP contribution >= 0.6 is 0 Å². The minimum absolute atomic E-state index is 0.0554. The Bertz CT molecular complexity index is 1590. The smallest absolute Gasteiger partial charge is 0.304 e. The zero-order valence-electron chi connectivity index (χ0n) is 22.8. The van der Waals surface area contributed by atoms with Crippen molar-refractivity contribution in [2.45, 2.75) is 44.7 Å². The standard InChI is InChI=1S/C30H32FN7O3/c1-19(15-29(39)40)30(41)33-22-12-14-36(18-22)27-9-3-7-23(34-27)25-17-32-26-10-11-28(35-38(25)26)37-13-4-8-24(37)20-5-2-6-21(31)16-20/h2-3,5-7,9-11,16-17,19,22,24H,4,8,12-15,18H2,1H3,(H,33,41)(H,39,40)/t19-,22+,24+/m0/s1. The number of anilines is 2. The number of amides is 1. The molecule has 2 aliphatic rings. The number of aliphatic carboxylic acids is 1. The molecule has 212 valence electrons. The van der Waals surface area contributed by atoms with E-state index in [1.807, 2.05) is 36.4 Å². The molecule has 0 saturated carbocycles. The Kier molecular flexibility index (Phi) is 7.25. The van der Waals surface area contributed by atoms with E-state index in [1.54, 1.807) is 29.8 Å². The maximum atomic E-state index is 14.0. The summed E-state index contributed by atoms with van der Waals surface area (Å²) < 4.78 is 15.8. The number of rotatable bonds is 8. The molecule has 0 bridgehead atoms. The van der Waals surface area contributed by atoms with Gasteiger partial charge in [-0.15, -0.1) is 5.10 Å². The van der Waals surface area contributed by atoms with Gasteiger partial charge < -0.3 is 20.2 Å². The van der Waals surface area contributed by atoms with E-state index in [2.05, 4.69) is 20.1 Å². The van der Waals surface area contributed by atoms with Crippen LogP contribution in [0.2, 0.25) is 0 Å². The first-order valence-corrected chi connectivity index (χ1v) is 14.0. The third kappa shape index (κ3) is 5.57. The molecule has 10 nitrogen and oxygen atoms in total. The molecular formula is C30H32FN7O3. The minimum Gasteiger partial charge on any atom is -0.481 e. The molecule has 2 saturated heterocycles. The van der Waals surface area contributed by atoms with Gasteiger partial charge in [-0.1, -0.05) is 25.1 Å². The number of fused-ring (bicyclic) bond motifs is 1. The van der Waals surface area contributed by atoms with Crippen LogP contribution < -0.4 is 15.1 Å². The Balaban J connectivity index is 1.21.